The van der Waals surface area contributed by atoms with Crippen molar-refractivity contribution in [2.24, 2.45) is 0 Å². The summed E-state index contributed by atoms with van der Waals surface area (Å²) in [6, 6.07) is 13.4. The van der Waals surface area contributed by atoms with Gasteiger partial charge in [0.2, 0.25) is 0 Å². The van der Waals surface area contributed by atoms with Crippen LogP contribution in [-0.4, -0.2) is 5.97 Å². The summed E-state index contributed by atoms with van der Waals surface area (Å²) in [4.78, 5) is 22.7. The molecule has 0 amide bonds. The van der Waals surface area contributed by atoms with Crippen LogP contribution in [0.25, 0.3) is 11.0 Å². The summed E-state index contributed by atoms with van der Waals surface area (Å²) in [5.74, 6) is 0.710. The van der Waals surface area contributed by atoms with E-state index < -0.39 is 11.6 Å². The van der Waals surface area contributed by atoms with E-state index >= 15 is 0 Å². The standard InChI is InChI=1S/C18H15NO5/c1-11(20)22-10-12-8-18(21)24-17-9-15(6-7-16(12)17)23-14-4-2-13(19)3-5-14/h2-9H,10,19H2,1H3. The molecule has 122 valence electrons. The third-order valence-corrected chi connectivity index (χ3v) is 3.35. The van der Waals surface area contributed by atoms with Gasteiger partial charge in [-0.1, -0.05) is 0 Å². The van der Waals surface area contributed by atoms with E-state index in [4.69, 9.17) is 19.6 Å². The van der Waals surface area contributed by atoms with E-state index in [1.807, 2.05) is 0 Å². The van der Waals surface area contributed by atoms with Crippen molar-refractivity contribution >= 4 is 22.6 Å². The molecule has 0 unspecified atom stereocenters. The van der Waals surface area contributed by atoms with Gasteiger partial charge in [-0.3, -0.25) is 4.79 Å². The summed E-state index contributed by atoms with van der Waals surface area (Å²) in [6.07, 6.45) is 0. The van der Waals surface area contributed by atoms with Crippen molar-refractivity contribution in [3.8, 4) is 11.5 Å². The molecular weight excluding hydrogens is 310 g/mol. The lowest BCUT2D eigenvalue weighted by Crippen LogP contribution is -2.04. The molecule has 0 aliphatic carbocycles. The lowest BCUT2D eigenvalue weighted by molar-refractivity contribution is -0.142. The Bertz CT molecular complexity index is 944. The van der Waals surface area contributed by atoms with Gasteiger partial charge in [-0.25, -0.2) is 4.79 Å². The van der Waals surface area contributed by atoms with Gasteiger partial charge in [0.1, 0.15) is 23.7 Å². The Balaban J connectivity index is 1.94. The average Bonchev–Trinajstić information content (AvgIpc) is 2.54. The van der Waals surface area contributed by atoms with Gasteiger partial charge in [0.25, 0.3) is 0 Å². The molecule has 2 aromatic carbocycles. The van der Waals surface area contributed by atoms with Crippen molar-refractivity contribution < 1.29 is 18.7 Å². The van der Waals surface area contributed by atoms with Gasteiger partial charge in [0, 0.05) is 35.7 Å². The summed E-state index contributed by atoms with van der Waals surface area (Å²) in [6.45, 7) is 1.32. The molecule has 3 aromatic rings. The maximum Gasteiger partial charge on any atom is 0.336 e. The maximum absolute atomic E-state index is 11.7. The average molecular weight is 325 g/mol. The third-order valence-electron chi connectivity index (χ3n) is 3.35. The fraction of sp³-hybridized carbons (Fsp3) is 0.111. The third kappa shape index (κ3) is 3.55. The minimum absolute atomic E-state index is 0.00952. The zero-order valence-electron chi connectivity index (χ0n) is 12.9. The van der Waals surface area contributed by atoms with Crippen molar-refractivity contribution in [2.75, 3.05) is 5.73 Å². The Hall–Kier alpha value is -3.28. The minimum Gasteiger partial charge on any atom is -0.461 e. The van der Waals surface area contributed by atoms with E-state index in [9.17, 15) is 9.59 Å². The van der Waals surface area contributed by atoms with Crippen molar-refractivity contribution in [3.05, 3.63) is 64.5 Å². The zero-order chi connectivity index (χ0) is 17.1. The predicted molar refractivity (Wildman–Crippen MR) is 88.9 cm³/mol. The molecule has 1 heterocycles. The molecule has 0 saturated heterocycles. The monoisotopic (exact) mass is 325 g/mol. The normalized spacial score (nSPS) is 10.5. The van der Waals surface area contributed by atoms with Gasteiger partial charge >= 0.3 is 11.6 Å². The Morgan fingerprint density at radius 2 is 1.79 bits per heavy atom. The van der Waals surface area contributed by atoms with Gasteiger partial charge in [-0.2, -0.15) is 0 Å². The van der Waals surface area contributed by atoms with E-state index in [1.54, 1.807) is 42.5 Å². The van der Waals surface area contributed by atoms with Crippen molar-refractivity contribution in [1.29, 1.82) is 0 Å². The van der Waals surface area contributed by atoms with Crippen LogP contribution >= 0.6 is 0 Å². The molecule has 0 radical (unpaired) electrons. The predicted octanol–water partition coefficient (Wildman–Crippen LogP) is 3.23. The molecule has 0 saturated carbocycles. The molecule has 0 bridgehead atoms. The van der Waals surface area contributed by atoms with Crippen LogP contribution in [0.2, 0.25) is 0 Å². The molecule has 24 heavy (non-hydrogen) atoms. The molecule has 0 fully saturated rings. The summed E-state index contributed by atoms with van der Waals surface area (Å²) < 4.78 is 15.9. The fourth-order valence-electron chi connectivity index (χ4n) is 2.24. The topological polar surface area (TPSA) is 91.8 Å². The summed E-state index contributed by atoms with van der Waals surface area (Å²) in [5.41, 5.74) is 6.70. The molecule has 2 N–H and O–H groups in total. The van der Waals surface area contributed by atoms with Gasteiger partial charge in [0.15, 0.2) is 0 Å². The molecule has 1 aromatic heterocycles. The molecular formula is C18H15NO5. The first-order valence-corrected chi connectivity index (χ1v) is 7.25. The first-order valence-electron chi connectivity index (χ1n) is 7.25. The number of benzene rings is 2. The summed E-state index contributed by atoms with van der Waals surface area (Å²) in [7, 11) is 0. The van der Waals surface area contributed by atoms with Crippen molar-refractivity contribution in [3.63, 3.8) is 0 Å². The van der Waals surface area contributed by atoms with Gasteiger partial charge < -0.3 is 19.6 Å². The number of nitrogens with two attached hydrogens (primary N) is 1. The zero-order valence-corrected chi connectivity index (χ0v) is 12.9. The van der Waals surface area contributed by atoms with E-state index in [1.165, 1.54) is 13.0 Å². The summed E-state index contributed by atoms with van der Waals surface area (Å²) >= 11 is 0. The van der Waals surface area contributed by atoms with Crippen LogP contribution in [0.4, 0.5) is 5.69 Å². The van der Waals surface area contributed by atoms with E-state index in [0.29, 0.717) is 33.7 Å². The largest absolute Gasteiger partial charge is 0.461 e. The van der Waals surface area contributed by atoms with Crippen LogP contribution in [-0.2, 0) is 16.1 Å². The number of fused-ring (bicyclic) bond motifs is 1. The number of hydrogen-bond acceptors (Lipinski definition) is 6. The Morgan fingerprint density at radius 3 is 2.50 bits per heavy atom. The number of carbonyl (C=O) groups excluding carboxylic acids is 1. The van der Waals surface area contributed by atoms with Crippen LogP contribution in [0.3, 0.4) is 0 Å². The number of carbonyl (C=O) groups is 1. The number of anilines is 1. The highest BCUT2D eigenvalue weighted by atomic mass is 16.5. The highest BCUT2D eigenvalue weighted by Crippen LogP contribution is 2.27. The Morgan fingerprint density at radius 1 is 1.08 bits per heavy atom. The van der Waals surface area contributed by atoms with E-state index in [2.05, 4.69) is 0 Å². The van der Waals surface area contributed by atoms with Crippen LogP contribution in [0.1, 0.15) is 12.5 Å². The fourth-order valence-corrected chi connectivity index (χ4v) is 2.24. The number of esters is 1. The molecule has 3 rings (SSSR count). The van der Waals surface area contributed by atoms with Gasteiger partial charge in [-0.15, -0.1) is 0 Å². The van der Waals surface area contributed by atoms with Crippen molar-refractivity contribution in [1.82, 2.24) is 0 Å². The smallest absolute Gasteiger partial charge is 0.336 e. The van der Waals surface area contributed by atoms with Gasteiger partial charge in [-0.05, 0) is 36.4 Å². The SMILES string of the molecule is CC(=O)OCc1cc(=O)oc2cc(Oc3ccc(N)cc3)ccc12. The highest BCUT2D eigenvalue weighted by molar-refractivity contribution is 5.81. The number of ether oxygens (including phenoxy) is 2. The number of hydrogen-bond donors (Lipinski definition) is 1. The van der Waals surface area contributed by atoms with Gasteiger partial charge in [0.05, 0.1) is 0 Å². The Kier molecular flexibility index (Phi) is 4.20. The lowest BCUT2D eigenvalue weighted by Gasteiger charge is -2.09. The lowest BCUT2D eigenvalue weighted by atomic mass is 10.1. The van der Waals surface area contributed by atoms with Crippen LogP contribution in [0.5, 0.6) is 11.5 Å². The first-order chi connectivity index (χ1) is 11.5. The highest BCUT2D eigenvalue weighted by Gasteiger charge is 2.09. The second-order valence-corrected chi connectivity index (χ2v) is 5.20. The molecule has 0 aliphatic rings. The molecule has 0 aliphatic heterocycles. The van der Waals surface area contributed by atoms with Crippen LogP contribution in [0, 0.1) is 0 Å². The van der Waals surface area contributed by atoms with E-state index in [0.717, 1.165) is 0 Å². The second-order valence-electron chi connectivity index (χ2n) is 5.20. The summed E-state index contributed by atoms with van der Waals surface area (Å²) in [5, 5.41) is 0.681. The number of nitrogen functional groups attached to an aromatic ring is 1. The van der Waals surface area contributed by atoms with Crippen LogP contribution < -0.4 is 16.1 Å². The Labute approximate surface area is 137 Å². The quantitative estimate of drug-likeness (QED) is 0.450. The van der Waals surface area contributed by atoms with E-state index in [-0.39, 0.29) is 6.61 Å². The second kappa shape index (κ2) is 6.45. The number of rotatable bonds is 4. The minimum atomic E-state index is -0.519. The molecule has 6 heteroatoms. The molecule has 6 nitrogen and oxygen atoms in total. The molecule has 0 atom stereocenters. The maximum atomic E-state index is 11.7. The van der Waals surface area contributed by atoms with Crippen LogP contribution in [0.15, 0.2) is 57.7 Å². The van der Waals surface area contributed by atoms with Crippen molar-refractivity contribution in [2.45, 2.75) is 13.5 Å². The molecule has 0 spiro atoms. The first kappa shape index (κ1) is 15.6.